The maximum Gasteiger partial charge on any atom is 2.00 e. The van der Waals surface area contributed by atoms with Crippen LogP contribution in [0.3, 0.4) is 0 Å². The molecule has 0 aliphatic carbocycles. The van der Waals surface area contributed by atoms with E-state index in [4.69, 9.17) is 10.2 Å². The Kier molecular flexibility index (Phi) is 367. The van der Waals surface area contributed by atoms with Gasteiger partial charge >= 0.3 is 26.2 Å². The van der Waals surface area contributed by atoms with Crippen molar-refractivity contribution in [2.45, 2.75) is 0 Å². The third-order valence-corrected chi connectivity index (χ3v) is 0. The Morgan fingerprint density at radius 3 is 0.800 bits per heavy atom. The van der Waals surface area contributed by atoms with Crippen molar-refractivity contribution in [1.29, 1.82) is 0 Å². The summed E-state index contributed by atoms with van der Waals surface area (Å²) < 4.78 is 0. The molecule has 0 unspecified atom stereocenters. The molecule has 0 rings (SSSR count). The van der Waals surface area contributed by atoms with Crippen molar-refractivity contribution in [2.75, 3.05) is 14.2 Å². The van der Waals surface area contributed by atoms with Crippen molar-refractivity contribution in [3.05, 3.63) is 0 Å². The summed E-state index contributed by atoms with van der Waals surface area (Å²) >= 11 is 0. The molecular weight excluding hydrogens is 147 g/mol. The van der Waals surface area contributed by atoms with Crippen molar-refractivity contribution < 1.29 is 36.4 Å². The summed E-state index contributed by atoms with van der Waals surface area (Å²) in [6.07, 6.45) is 0. The molecule has 5 heavy (non-hydrogen) atoms. The fourth-order valence-corrected chi connectivity index (χ4v) is 0. The summed E-state index contributed by atoms with van der Waals surface area (Å²) in [6, 6.07) is 0. The van der Waals surface area contributed by atoms with Gasteiger partial charge in [-0.15, -0.1) is 0 Å². The van der Waals surface area contributed by atoms with E-state index >= 15 is 0 Å². The van der Waals surface area contributed by atoms with E-state index < -0.39 is 0 Å². The monoisotopic (exact) mass is 152 g/mol. The van der Waals surface area contributed by atoms with Crippen LogP contribution in [-0.2, 0) is 26.2 Å². The molecule has 0 bridgehead atoms. The predicted molar refractivity (Wildman–Crippen MR) is 11.8 cm³/mol. The van der Waals surface area contributed by atoms with E-state index in [9.17, 15) is 0 Å². The van der Waals surface area contributed by atoms with Crippen LogP contribution in [0.2, 0.25) is 0 Å². The molecule has 3 heteroatoms. The van der Waals surface area contributed by atoms with Gasteiger partial charge in [-0.1, -0.05) is 0 Å². The maximum atomic E-state index is 8.25. The summed E-state index contributed by atoms with van der Waals surface area (Å²) in [5.41, 5.74) is 0. The van der Waals surface area contributed by atoms with Crippen LogP contribution in [0, 0.1) is 0 Å². The van der Waals surface area contributed by atoms with Crippen LogP contribution in [0.25, 0.3) is 0 Å². The molecule has 30 valence electrons. The zero-order valence-electron chi connectivity index (χ0n) is 3.32. The van der Waals surface area contributed by atoms with Crippen molar-refractivity contribution in [2.24, 2.45) is 0 Å². The largest absolute Gasteiger partial charge is 2.00 e. The fourth-order valence-electron chi connectivity index (χ4n) is 0. The van der Waals surface area contributed by atoms with E-state index in [0.29, 0.717) is 0 Å². The van der Waals surface area contributed by atoms with Crippen molar-refractivity contribution >= 4 is 0 Å². The Morgan fingerprint density at radius 1 is 0.800 bits per heavy atom. The van der Waals surface area contributed by atoms with Gasteiger partial charge in [0.15, 0.2) is 0 Å². The molecule has 0 atom stereocenters. The quantitative estimate of drug-likeness (QED) is 0.402. The van der Waals surface area contributed by atoms with Gasteiger partial charge in [0.05, 0.1) is 0 Å². The van der Waals surface area contributed by atoms with Crippen LogP contribution < -0.4 is 10.2 Å². The van der Waals surface area contributed by atoms with Crippen molar-refractivity contribution in [3.8, 4) is 0 Å². The molecule has 0 aliphatic heterocycles. The molecule has 0 amide bonds. The second kappa shape index (κ2) is 108. The van der Waals surface area contributed by atoms with Gasteiger partial charge in [0, 0.05) is 0 Å². The standard InChI is InChI=1S/2CH3O.Zr/c2*1-2;/h2*1H3;/q2*-1;+2. The van der Waals surface area contributed by atoms with Crippen molar-refractivity contribution in [1.82, 2.24) is 0 Å². The number of hydrogen-bond donors (Lipinski definition) is 0. The SMILES string of the molecule is C[O-].C[O-].[Zr+2]. The van der Waals surface area contributed by atoms with Gasteiger partial charge in [-0.05, 0) is 0 Å². The van der Waals surface area contributed by atoms with E-state index in [1.807, 2.05) is 0 Å². The second-order valence-corrected chi connectivity index (χ2v) is 0. The van der Waals surface area contributed by atoms with Gasteiger partial charge in [0.1, 0.15) is 0 Å². The summed E-state index contributed by atoms with van der Waals surface area (Å²) in [7, 11) is 1.50. The number of hydrogen-bond acceptors (Lipinski definition) is 2. The van der Waals surface area contributed by atoms with E-state index in [1.165, 1.54) is 0 Å². The molecule has 0 aromatic rings. The molecular formula is C2H6O2Zr. The molecule has 0 fully saturated rings. The van der Waals surface area contributed by atoms with Crippen LogP contribution in [-0.4, -0.2) is 14.2 Å². The maximum absolute atomic E-state index is 8.25. The van der Waals surface area contributed by atoms with Crippen LogP contribution in [0.15, 0.2) is 0 Å². The number of rotatable bonds is 0. The molecule has 2 nitrogen and oxygen atoms in total. The third-order valence-electron chi connectivity index (χ3n) is 0. The van der Waals surface area contributed by atoms with Crippen LogP contribution >= 0.6 is 0 Å². The van der Waals surface area contributed by atoms with Gasteiger partial charge in [-0.3, -0.25) is 0 Å². The average Bonchev–Trinajstić information content (AvgIpc) is 1.50. The van der Waals surface area contributed by atoms with E-state index in [-0.39, 0.29) is 26.2 Å². The first kappa shape index (κ1) is 17.0. The minimum Gasteiger partial charge on any atom is -0.857 e. The van der Waals surface area contributed by atoms with Gasteiger partial charge in [0.2, 0.25) is 0 Å². The first-order valence-electron chi connectivity index (χ1n) is 0.816. The van der Waals surface area contributed by atoms with E-state index in [2.05, 4.69) is 0 Å². The summed E-state index contributed by atoms with van der Waals surface area (Å²) in [4.78, 5) is 0. The fraction of sp³-hybridized carbons (Fsp3) is 1.00. The van der Waals surface area contributed by atoms with Gasteiger partial charge < -0.3 is 10.2 Å². The predicted octanol–water partition coefficient (Wildman–Crippen LogP) is -2.05. The van der Waals surface area contributed by atoms with Gasteiger partial charge in [0.25, 0.3) is 0 Å². The van der Waals surface area contributed by atoms with E-state index in [0.717, 1.165) is 14.2 Å². The molecule has 0 saturated heterocycles. The first-order chi connectivity index (χ1) is 2.00. The summed E-state index contributed by atoms with van der Waals surface area (Å²) in [6.45, 7) is 0. The van der Waals surface area contributed by atoms with Gasteiger partial charge in [-0.25, -0.2) is 0 Å². The smallest absolute Gasteiger partial charge is 0.857 e. The molecule has 0 spiro atoms. The molecule has 0 aromatic heterocycles. The molecule has 0 aromatic carbocycles. The molecule has 0 radical (unpaired) electrons. The van der Waals surface area contributed by atoms with Crippen LogP contribution in [0.4, 0.5) is 0 Å². The third kappa shape index (κ3) is 58.5. The Labute approximate surface area is 50.9 Å². The van der Waals surface area contributed by atoms with E-state index in [1.54, 1.807) is 0 Å². The second-order valence-electron chi connectivity index (χ2n) is 0. The Morgan fingerprint density at radius 2 is 0.800 bits per heavy atom. The molecule has 0 aliphatic rings. The summed E-state index contributed by atoms with van der Waals surface area (Å²) in [5, 5.41) is 16.5. The summed E-state index contributed by atoms with van der Waals surface area (Å²) in [5.74, 6) is 0. The minimum atomic E-state index is 0. The Bertz CT molecular complexity index is 7.61. The van der Waals surface area contributed by atoms with Crippen LogP contribution in [0.1, 0.15) is 0 Å². The molecule has 0 N–H and O–H groups in total. The van der Waals surface area contributed by atoms with Gasteiger partial charge in [-0.2, -0.15) is 14.2 Å². The minimum absolute atomic E-state index is 0. The average molecular weight is 153 g/mol. The molecule has 0 saturated carbocycles. The van der Waals surface area contributed by atoms with Crippen LogP contribution in [0.5, 0.6) is 0 Å². The first-order valence-corrected chi connectivity index (χ1v) is 0.816. The normalized spacial score (nSPS) is 2.40. The Hall–Kier alpha value is 0.803. The zero-order chi connectivity index (χ0) is 4.00. The van der Waals surface area contributed by atoms with Crippen molar-refractivity contribution in [3.63, 3.8) is 0 Å². The molecule has 0 heterocycles. The Balaban J connectivity index is -0.0000000133. The zero-order valence-corrected chi connectivity index (χ0v) is 5.77. The topological polar surface area (TPSA) is 46.1 Å².